The van der Waals surface area contributed by atoms with Gasteiger partial charge in [0.25, 0.3) is 0 Å². The average molecular weight is 513 g/mol. The van der Waals surface area contributed by atoms with Crippen LogP contribution in [0.3, 0.4) is 0 Å². The first-order valence-corrected chi connectivity index (χ1v) is 12.2. The van der Waals surface area contributed by atoms with Gasteiger partial charge < -0.3 is 4.74 Å². The number of nitrogens with one attached hydrogen (secondary N) is 1. The molecule has 0 bridgehead atoms. The lowest BCUT2D eigenvalue weighted by Crippen LogP contribution is -2.25. The molecule has 0 saturated heterocycles. The molecular formula is C29H25BrN2O2. The van der Waals surface area contributed by atoms with Crippen LogP contribution < -0.4 is 10.2 Å². The number of ether oxygens (including phenoxy) is 1. The maximum absolute atomic E-state index is 13.2. The summed E-state index contributed by atoms with van der Waals surface area (Å²) in [5.74, 6) is 0.454. The molecule has 0 aliphatic heterocycles. The average Bonchev–Trinajstić information content (AvgIpc) is 3.64. The number of fused-ring (bicyclic) bond motifs is 1. The van der Waals surface area contributed by atoms with Crippen LogP contribution in [-0.4, -0.2) is 18.7 Å². The molecule has 170 valence electrons. The van der Waals surface area contributed by atoms with Crippen LogP contribution in [0.5, 0.6) is 5.75 Å². The second kappa shape index (κ2) is 9.43. The van der Waals surface area contributed by atoms with E-state index in [0.29, 0.717) is 12.4 Å². The van der Waals surface area contributed by atoms with Crippen molar-refractivity contribution < 1.29 is 9.53 Å². The molecule has 1 atom stereocenters. The molecule has 1 amide bonds. The second-order valence-corrected chi connectivity index (χ2v) is 9.30. The third-order valence-electron chi connectivity index (χ3n) is 6.51. The van der Waals surface area contributed by atoms with E-state index in [-0.39, 0.29) is 17.2 Å². The van der Waals surface area contributed by atoms with Crippen molar-refractivity contribution in [3.63, 3.8) is 0 Å². The minimum Gasteiger partial charge on any atom is -0.492 e. The zero-order valence-corrected chi connectivity index (χ0v) is 20.5. The van der Waals surface area contributed by atoms with Crippen molar-refractivity contribution in [3.05, 3.63) is 112 Å². The molecule has 1 N–H and O–H groups in total. The molecule has 4 aromatic carbocycles. The maximum Gasteiger partial charge on any atom is 0.244 e. The first kappa shape index (κ1) is 22.4. The lowest BCUT2D eigenvalue weighted by Gasteiger charge is -2.18. The van der Waals surface area contributed by atoms with Gasteiger partial charge in [0, 0.05) is 11.0 Å². The molecule has 4 aromatic rings. The van der Waals surface area contributed by atoms with E-state index in [1.807, 2.05) is 73.7 Å². The fourth-order valence-corrected chi connectivity index (χ4v) is 5.41. The van der Waals surface area contributed by atoms with Crippen molar-refractivity contribution >= 4 is 38.8 Å². The normalized spacial score (nSPS) is 16.5. The van der Waals surface area contributed by atoms with Crippen LogP contribution in [0.1, 0.15) is 30.0 Å². The van der Waals surface area contributed by atoms with Crippen LogP contribution in [0, 0.1) is 5.92 Å². The summed E-state index contributed by atoms with van der Waals surface area (Å²) in [6.45, 7) is 2.48. The maximum atomic E-state index is 13.2. The quantitative estimate of drug-likeness (QED) is 0.228. The zero-order valence-electron chi connectivity index (χ0n) is 18.9. The molecular weight excluding hydrogens is 488 g/mol. The number of halogens is 1. The van der Waals surface area contributed by atoms with Gasteiger partial charge in [-0.25, -0.2) is 5.43 Å². The molecule has 0 unspecified atom stereocenters. The van der Waals surface area contributed by atoms with Crippen LogP contribution in [0.15, 0.2) is 101 Å². The van der Waals surface area contributed by atoms with Gasteiger partial charge in [0.1, 0.15) is 5.75 Å². The molecule has 1 fully saturated rings. The van der Waals surface area contributed by atoms with Gasteiger partial charge in [-0.3, -0.25) is 4.79 Å². The van der Waals surface area contributed by atoms with Crippen molar-refractivity contribution in [3.8, 4) is 5.75 Å². The smallest absolute Gasteiger partial charge is 0.244 e. The predicted molar refractivity (Wildman–Crippen MR) is 140 cm³/mol. The van der Waals surface area contributed by atoms with Crippen LogP contribution >= 0.6 is 15.9 Å². The van der Waals surface area contributed by atoms with E-state index in [2.05, 4.69) is 50.7 Å². The summed E-state index contributed by atoms with van der Waals surface area (Å²) in [6.07, 6.45) is 2.44. The number of benzene rings is 4. The van der Waals surface area contributed by atoms with E-state index < -0.39 is 0 Å². The summed E-state index contributed by atoms with van der Waals surface area (Å²) in [5, 5.41) is 6.45. The standard InChI is InChI=1S/C29H25BrN2O2/c1-2-34-27-24(23-16-10-9-11-20(23)17-26(27)30)19-31-32-28(33)25-18-29(25,21-12-5-3-6-13-21)22-14-7-4-8-15-22/h3-17,19,25H,2,18H2,1H3,(H,32,33)/b31-19-/t25-/m0/s1. The molecule has 5 rings (SSSR count). The number of nitrogens with zero attached hydrogens (tertiary/aromatic N) is 1. The van der Waals surface area contributed by atoms with Crippen LogP contribution in [0.2, 0.25) is 0 Å². The number of amides is 1. The lowest BCUT2D eigenvalue weighted by atomic mass is 9.85. The lowest BCUT2D eigenvalue weighted by molar-refractivity contribution is -0.122. The van der Waals surface area contributed by atoms with Crippen LogP contribution in [0.25, 0.3) is 10.8 Å². The van der Waals surface area contributed by atoms with E-state index in [9.17, 15) is 4.79 Å². The van der Waals surface area contributed by atoms with Crippen LogP contribution in [-0.2, 0) is 10.2 Å². The van der Waals surface area contributed by atoms with Crippen molar-refractivity contribution in [2.45, 2.75) is 18.8 Å². The highest BCUT2D eigenvalue weighted by molar-refractivity contribution is 9.10. The molecule has 5 heteroatoms. The fraction of sp³-hybridized carbons (Fsp3) is 0.172. The van der Waals surface area contributed by atoms with Crippen molar-refractivity contribution in [2.24, 2.45) is 11.0 Å². The van der Waals surface area contributed by atoms with Gasteiger partial charge >= 0.3 is 0 Å². The minimum atomic E-state index is -0.318. The second-order valence-electron chi connectivity index (χ2n) is 8.45. The Morgan fingerprint density at radius 1 is 1.03 bits per heavy atom. The van der Waals surface area contributed by atoms with Gasteiger partial charge in [-0.05, 0) is 57.2 Å². The number of carbonyl (C=O) groups is 1. The third kappa shape index (κ3) is 4.01. The van der Waals surface area contributed by atoms with Crippen LogP contribution in [0.4, 0.5) is 0 Å². The Balaban J connectivity index is 1.43. The first-order chi connectivity index (χ1) is 16.6. The molecule has 0 aromatic heterocycles. The third-order valence-corrected chi connectivity index (χ3v) is 7.10. The highest BCUT2D eigenvalue weighted by Crippen LogP contribution is 2.58. The molecule has 0 spiro atoms. The summed E-state index contributed by atoms with van der Waals surface area (Å²) in [6, 6.07) is 30.6. The summed E-state index contributed by atoms with van der Waals surface area (Å²) in [5.41, 5.74) is 5.62. The van der Waals surface area contributed by atoms with Gasteiger partial charge in [0.05, 0.1) is 23.2 Å². The summed E-state index contributed by atoms with van der Waals surface area (Å²) in [4.78, 5) is 13.2. The Kier molecular flexibility index (Phi) is 6.20. The molecule has 1 aliphatic rings. The number of hydrogen-bond donors (Lipinski definition) is 1. The molecule has 0 heterocycles. The van der Waals surface area contributed by atoms with Gasteiger partial charge in [-0.1, -0.05) is 84.9 Å². The number of carbonyl (C=O) groups excluding carboxylic acids is 1. The summed E-state index contributed by atoms with van der Waals surface area (Å²) < 4.78 is 6.75. The van der Waals surface area contributed by atoms with Gasteiger partial charge in [0.15, 0.2) is 0 Å². The van der Waals surface area contributed by atoms with E-state index >= 15 is 0 Å². The highest BCUT2D eigenvalue weighted by atomic mass is 79.9. The van der Waals surface area contributed by atoms with E-state index in [1.165, 1.54) is 0 Å². The predicted octanol–water partition coefficient (Wildman–Crippen LogP) is 6.46. The van der Waals surface area contributed by atoms with Crippen molar-refractivity contribution in [2.75, 3.05) is 6.61 Å². The Morgan fingerprint density at radius 2 is 1.65 bits per heavy atom. The van der Waals surface area contributed by atoms with E-state index in [0.717, 1.165) is 38.4 Å². The van der Waals surface area contributed by atoms with Crippen molar-refractivity contribution in [1.29, 1.82) is 0 Å². The SMILES string of the molecule is CCOc1c(Br)cc2ccccc2c1/C=N\NC(=O)[C@@H]1CC1(c1ccccc1)c1ccccc1. The Hall–Kier alpha value is -3.44. The molecule has 34 heavy (non-hydrogen) atoms. The number of rotatable bonds is 7. The Bertz CT molecular complexity index is 1310. The largest absolute Gasteiger partial charge is 0.492 e. The monoisotopic (exact) mass is 512 g/mol. The topological polar surface area (TPSA) is 50.7 Å². The Labute approximate surface area is 207 Å². The Morgan fingerprint density at radius 3 is 2.29 bits per heavy atom. The van der Waals surface area contributed by atoms with E-state index in [1.54, 1.807) is 6.21 Å². The minimum absolute atomic E-state index is 0.0822. The number of hydrogen-bond acceptors (Lipinski definition) is 3. The summed E-state index contributed by atoms with van der Waals surface area (Å²) >= 11 is 3.62. The molecule has 1 aliphatic carbocycles. The molecule has 0 radical (unpaired) electrons. The van der Waals surface area contributed by atoms with Gasteiger partial charge in [-0.2, -0.15) is 5.10 Å². The summed E-state index contributed by atoms with van der Waals surface area (Å²) in [7, 11) is 0. The fourth-order valence-electron chi connectivity index (χ4n) is 4.83. The van der Waals surface area contributed by atoms with Gasteiger partial charge in [-0.15, -0.1) is 0 Å². The number of hydrazone groups is 1. The van der Waals surface area contributed by atoms with E-state index in [4.69, 9.17) is 4.74 Å². The van der Waals surface area contributed by atoms with Gasteiger partial charge in [0.2, 0.25) is 5.91 Å². The zero-order chi connectivity index (χ0) is 23.5. The molecule has 4 nitrogen and oxygen atoms in total. The molecule has 1 saturated carbocycles. The highest BCUT2D eigenvalue weighted by Gasteiger charge is 2.60. The van der Waals surface area contributed by atoms with Crippen molar-refractivity contribution in [1.82, 2.24) is 5.43 Å². The first-order valence-electron chi connectivity index (χ1n) is 11.4.